The van der Waals surface area contributed by atoms with Gasteiger partial charge in [0.15, 0.2) is 0 Å². The lowest BCUT2D eigenvalue weighted by atomic mass is 10.2. The molecule has 0 heterocycles. The average Bonchev–Trinajstić information content (AvgIpc) is 2.98. The second kappa shape index (κ2) is 4.79. The fraction of sp³-hybridized carbons (Fsp3) is 0.364. The third-order valence-electron chi connectivity index (χ3n) is 2.34. The topological polar surface area (TPSA) is 38.3 Å². The number of carbonyl (C=O) groups is 1. The first-order valence-electron chi connectivity index (χ1n) is 5.22. The lowest BCUT2D eigenvalue weighted by Crippen LogP contribution is -2.27. The third-order valence-corrected chi connectivity index (χ3v) is 3.00. The highest BCUT2D eigenvalue weighted by molar-refractivity contribution is 9.10. The number of alkyl halides is 3. The molecule has 0 aromatic heterocycles. The highest BCUT2D eigenvalue weighted by Crippen LogP contribution is 2.32. The molecule has 3 nitrogen and oxygen atoms in total. The van der Waals surface area contributed by atoms with Gasteiger partial charge in [0.2, 0.25) is 0 Å². The van der Waals surface area contributed by atoms with Crippen molar-refractivity contribution < 1.29 is 22.7 Å². The van der Waals surface area contributed by atoms with E-state index in [4.69, 9.17) is 0 Å². The Morgan fingerprint density at radius 3 is 2.61 bits per heavy atom. The van der Waals surface area contributed by atoms with Crippen LogP contribution in [-0.4, -0.2) is 18.3 Å². The molecule has 1 amide bonds. The van der Waals surface area contributed by atoms with Crippen LogP contribution in [0.15, 0.2) is 22.7 Å². The molecule has 0 bridgehead atoms. The van der Waals surface area contributed by atoms with E-state index in [0.29, 0.717) is 0 Å². The zero-order valence-corrected chi connectivity index (χ0v) is 10.6. The summed E-state index contributed by atoms with van der Waals surface area (Å²) in [4.78, 5) is 11.8. The number of nitrogens with one attached hydrogen (secondary N) is 1. The van der Waals surface area contributed by atoms with E-state index in [1.54, 1.807) is 0 Å². The Balaban J connectivity index is 2.27. The first kappa shape index (κ1) is 13.2. The summed E-state index contributed by atoms with van der Waals surface area (Å²) < 4.78 is 40.8. The number of ether oxygens (including phenoxy) is 1. The summed E-state index contributed by atoms with van der Waals surface area (Å²) in [6, 6.07) is 4.04. The Bertz CT molecular complexity index is 472. The molecule has 1 aromatic rings. The van der Waals surface area contributed by atoms with Crippen LogP contribution in [0.2, 0.25) is 0 Å². The standard InChI is InChI=1S/C11H9BrF3NO2/c12-7-2-1-3-8(18-11(13,14)15)9(7)10(17)16-6-4-5-6/h1-3,6H,4-5H2,(H,16,17). The summed E-state index contributed by atoms with van der Waals surface area (Å²) >= 11 is 3.06. The van der Waals surface area contributed by atoms with Gasteiger partial charge in [-0.25, -0.2) is 0 Å². The number of hydrogen-bond acceptors (Lipinski definition) is 2. The number of hydrogen-bond donors (Lipinski definition) is 1. The maximum absolute atomic E-state index is 12.2. The van der Waals surface area contributed by atoms with Gasteiger partial charge in [0.25, 0.3) is 5.91 Å². The molecule has 1 N–H and O–H groups in total. The number of amides is 1. The van der Waals surface area contributed by atoms with Crippen LogP contribution in [0, 0.1) is 0 Å². The van der Waals surface area contributed by atoms with Gasteiger partial charge in [-0.2, -0.15) is 0 Å². The van der Waals surface area contributed by atoms with Crippen molar-refractivity contribution in [3.8, 4) is 5.75 Å². The molecule has 2 rings (SSSR count). The molecule has 0 radical (unpaired) electrons. The van der Waals surface area contributed by atoms with Crippen LogP contribution in [0.5, 0.6) is 5.75 Å². The Morgan fingerprint density at radius 1 is 1.39 bits per heavy atom. The van der Waals surface area contributed by atoms with Crippen LogP contribution < -0.4 is 10.1 Å². The summed E-state index contributed by atoms with van der Waals surface area (Å²) in [5.74, 6) is -1.07. The van der Waals surface area contributed by atoms with Crippen molar-refractivity contribution in [3.05, 3.63) is 28.2 Å². The molecule has 98 valence electrons. The average molecular weight is 324 g/mol. The van der Waals surface area contributed by atoms with E-state index in [1.807, 2.05) is 0 Å². The van der Waals surface area contributed by atoms with E-state index >= 15 is 0 Å². The number of benzene rings is 1. The third kappa shape index (κ3) is 3.38. The van der Waals surface area contributed by atoms with Crippen LogP contribution in [0.3, 0.4) is 0 Å². The van der Waals surface area contributed by atoms with Gasteiger partial charge < -0.3 is 10.1 Å². The molecule has 1 aliphatic carbocycles. The van der Waals surface area contributed by atoms with Crippen molar-refractivity contribution in [3.63, 3.8) is 0 Å². The number of halogens is 4. The first-order valence-corrected chi connectivity index (χ1v) is 6.01. The van der Waals surface area contributed by atoms with Gasteiger partial charge in [-0.3, -0.25) is 4.79 Å². The molecule has 7 heteroatoms. The molecule has 1 saturated carbocycles. The Labute approximate surface area is 109 Å². The van der Waals surface area contributed by atoms with Crippen molar-refractivity contribution in [1.82, 2.24) is 5.32 Å². The fourth-order valence-electron chi connectivity index (χ4n) is 1.42. The van der Waals surface area contributed by atoms with Crippen LogP contribution in [0.25, 0.3) is 0 Å². The molecule has 0 unspecified atom stereocenters. The Hall–Kier alpha value is -1.24. The van der Waals surface area contributed by atoms with E-state index in [1.165, 1.54) is 12.1 Å². The van der Waals surface area contributed by atoms with Gasteiger partial charge >= 0.3 is 6.36 Å². The smallest absolute Gasteiger partial charge is 0.405 e. The van der Waals surface area contributed by atoms with Crippen molar-refractivity contribution in [2.75, 3.05) is 0 Å². The van der Waals surface area contributed by atoms with Crippen molar-refractivity contribution in [2.24, 2.45) is 0 Å². The van der Waals surface area contributed by atoms with Crippen molar-refractivity contribution in [1.29, 1.82) is 0 Å². The molecule has 0 aliphatic heterocycles. The van der Waals surface area contributed by atoms with E-state index in [0.717, 1.165) is 18.9 Å². The predicted molar refractivity (Wildman–Crippen MR) is 61.3 cm³/mol. The van der Waals surface area contributed by atoms with E-state index in [2.05, 4.69) is 26.0 Å². The highest BCUT2D eigenvalue weighted by atomic mass is 79.9. The minimum absolute atomic E-state index is 0.0587. The molecule has 0 spiro atoms. The van der Waals surface area contributed by atoms with E-state index in [9.17, 15) is 18.0 Å². The summed E-state index contributed by atoms with van der Waals surface area (Å²) in [6.07, 6.45) is -3.12. The van der Waals surface area contributed by atoms with Crippen LogP contribution in [0.4, 0.5) is 13.2 Å². The summed E-state index contributed by atoms with van der Waals surface area (Å²) in [5.41, 5.74) is -0.137. The molecular weight excluding hydrogens is 315 g/mol. The SMILES string of the molecule is O=C(NC1CC1)c1c(Br)cccc1OC(F)(F)F. The lowest BCUT2D eigenvalue weighted by molar-refractivity contribution is -0.274. The second-order valence-electron chi connectivity index (χ2n) is 3.91. The molecule has 18 heavy (non-hydrogen) atoms. The largest absolute Gasteiger partial charge is 0.573 e. The Kier molecular flexibility index (Phi) is 3.52. The predicted octanol–water partition coefficient (Wildman–Crippen LogP) is 3.24. The van der Waals surface area contributed by atoms with Crippen molar-refractivity contribution >= 4 is 21.8 Å². The van der Waals surface area contributed by atoms with Gasteiger partial charge in [-0.05, 0) is 40.9 Å². The number of carbonyl (C=O) groups excluding carboxylic acids is 1. The molecule has 1 aliphatic rings. The first-order chi connectivity index (χ1) is 8.37. The van der Waals surface area contributed by atoms with E-state index < -0.39 is 18.0 Å². The fourth-order valence-corrected chi connectivity index (χ4v) is 1.95. The molecule has 0 atom stereocenters. The highest BCUT2D eigenvalue weighted by Gasteiger charge is 2.34. The zero-order valence-electron chi connectivity index (χ0n) is 9.05. The minimum atomic E-state index is -4.82. The van der Waals surface area contributed by atoms with Crippen LogP contribution in [0.1, 0.15) is 23.2 Å². The van der Waals surface area contributed by atoms with Crippen LogP contribution in [-0.2, 0) is 0 Å². The van der Waals surface area contributed by atoms with Gasteiger partial charge in [0.05, 0.1) is 5.56 Å². The van der Waals surface area contributed by atoms with Gasteiger partial charge in [0, 0.05) is 10.5 Å². The molecule has 1 aromatic carbocycles. The Morgan fingerprint density at radius 2 is 2.06 bits per heavy atom. The quantitative estimate of drug-likeness (QED) is 0.927. The minimum Gasteiger partial charge on any atom is -0.405 e. The molecular formula is C11H9BrF3NO2. The monoisotopic (exact) mass is 323 g/mol. The van der Waals surface area contributed by atoms with Gasteiger partial charge in [-0.1, -0.05) is 6.07 Å². The van der Waals surface area contributed by atoms with Crippen LogP contribution >= 0.6 is 15.9 Å². The maximum Gasteiger partial charge on any atom is 0.573 e. The molecule has 0 saturated heterocycles. The lowest BCUT2D eigenvalue weighted by Gasteiger charge is -2.14. The van der Waals surface area contributed by atoms with Gasteiger partial charge in [-0.15, -0.1) is 13.2 Å². The normalized spacial score (nSPS) is 15.3. The van der Waals surface area contributed by atoms with Crippen molar-refractivity contribution in [2.45, 2.75) is 25.2 Å². The number of rotatable bonds is 3. The second-order valence-corrected chi connectivity index (χ2v) is 4.76. The maximum atomic E-state index is 12.2. The van der Waals surface area contributed by atoms with Gasteiger partial charge in [0.1, 0.15) is 5.75 Å². The summed E-state index contributed by atoms with van der Waals surface area (Å²) in [6.45, 7) is 0. The summed E-state index contributed by atoms with van der Waals surface area (Å²) in [7, 11) is 0. The molecule has 1 fully saturated rings. The zero-order chi connectivity index (χ0) is 13.3. The van der Waals surface area contributed by atoms with E-state index in [-0.39, 0.29) is 16.1 Å². The summed E-state index contributed by atoms with van der Waals surface area (Å²) in [5, 5.41) is 2.62.